The molecule has 8 heteroatoms. The quantitative estimate of drug-likeness (QED) is 0.292. The largest absolute Gasteiger partial charge is 0.460 e. The van der Waals surface area contributed by atoms with Crippen LogP contribution in [0, 0.1) is 0 Å². The lowest BCUT2D eigenvalue weighted by Crippen LogP contribution is -2.38. The minimum Gasteiger partial charge on any atom is -0.460 e. The molecule has 200 valence electrons. The molecule has 4 rings (SSSR count). The number of amidine groups is 1. The van der Waals surface area contributed by atoms with Gasteiger partial charge in [-0.3, -0.25) is 4.79 Å². The molecular formula is C30H35N3O4S. The monoisotopic (exact) mass is 533 g/mol. The van der Waals surface area contributed by atoms with Crippen molar-refractivity contribution in [2.45, 2.75) is 45.7 Å². The third-order valence-electron chi connectivity index (χ3n) is 6.68. The maximum absolute atomic E-state index is 13.3. The van der Waals surface area contributed by atoms with Gasteiger partial charge in [0, 0.05) is 26.4 Å². The van der Waals surface area contributed by atoms with Crippen LogP contribution in [0.4, 0.5) is 0 Å². The number of esters is 1. The van der Waals surface area contributed by atoms with Crippen molar-refractivity contribution in [3.05, 3.63) is 93.7 Å². The number of thioether (sulfide) groups is 1. The first-order valence-electron chi connectivity index (χ1n) is 12.8. The maximum Gasteiger partial charge on any atom is 0.338 e. The van der Waals surface area contributed by atoms with Crippen molar-refractivity contribution in [2.75, 3.05) is 27.4 Å². The number of fused-ring (bicyclic) bond motifs is 1. The highest BCUT2D eigenvalue weighted by Crippen LogP contribution is 2.45. The van der Waals surface area contributed by atoms with Gasteiger partial charge in [0.1, 0.15) is 6.61 Å². The van der Waals surface area contributed by atoms with Gasteiger partial charge in [-0.1, -0.05) is 80.2 Å². The molecule has 38 heavy (non-hydrogen) atoms. The second kappa shape index (κ2) is 12.5. The van der Waals surface area contributed by atoms with Crippen LogP contribution in [0.25, 0.3) is 0 Å². The summed E-state index contributed by atoms with van der Waals surface area (Å²) >= 11 is 1.47. The molecule has 2 heterocycles. The van der Waals surface area contributed by atoms with Gasteiger partial charge in [0.25, 0.3) is 0 Å². The van der Waals surface area contributed by atoms with Gasteiger partial charge in [0.15, 0.2) is 5.17 Å². The predicted molar refractivity (Wildman–Crippen MR) is 151 cm³/mol. The van der Waals surface area contributed by atoms with E-state index in [0.29, 0.717) is 30.3 Å². The van der Waals surface area contributed by atoms with Crippen LogP contribution in [0.3, 0.4) is 0 Å². The molecule has 0 bridgehead atoms. The number of ether oxygens (including phenoxy) is 2. The number of nitrogens with zero attached hydrogens (tertiary/aromatic N) is 3. The molecule has 2 aromatic carbocycles. The van der Waals surface area contributed by atoms with E-state index in [4.69, 9.17) is 14.5 Å². The number of hydrogen-bond acceptors (Lipinski definition) is 7. The molecule has 0 saturated carbocycles. The summed E-state index contributed by atoms with van der Waals surface area (Å²) < 4.78 is 10.6. The molecule has 1 amide bonds. The molecule has 2 aromatic rings. The molecule has 0 spiro atoms. The summed E-state index contributed by atoms with van der Waals surface area (Å²) in [6.07, 6.45) is 0.195. The minimum absolute atomic E-state index is 0.00800. The van der Waals surface area contributed by atoms with Gasteiger partial charge in [-0.2, -0.15) is 0 Å². The number of benzene rings is 2. The Hall–Kier alpha value is -3.36. The van der Waals surface area contributed by atoms with Gasteiger partial charge in [-0.15, -0.1) is 0 Å². The predicted octanol–water partition coefficient (Wildman–Crippen LogP) is 5.62. The number of aliphatic imine (C=N–C) groups is 1. The summed E-state index contributed by atoms with van der Waals surface area (Å²) in [5, 5.41) is 2.72. The number of hydrogen-bond donors (Lipinski definition) is 0. The fourth-order valence-electron chi connectivity index (χ4n) is 4.54. The van der Waals surface area contributed by atoms with Crippen LogP contribution in [-0.4, -0.2) is 54.2 Å². The summed E-state index contributed by atoms with van der Waals surface area (Å²) in [6.45, 7) is 7.13. The molecule has 2 aliphatic rings. The fourth-order valence-corrected chi connectivity index (χ4v) is 5.50. The van der Waals surface area contributed by atoms with Crippen molar-refractivity contribution in [1.29, 1.82) is 0 Å². The zero-order valence-corrected chi connectivity index (χ0v) is 23.5. The number of carbonyl (C=O) groups excluding carboxylic acids is 2. The van der Waals surface area contributed by atoms with Crippen LogP contribution in [0.1, 0.15) is 55.8 Å². The van der Waals surface area contributed by atoms with Crippen LogP contribution >= 0.6 is 11.8 Å². The average molecular weight is 534 g/mol. The first-order chi connectivity index (χ1) is 18.3. The van der Waals surface area contributed by atoms with E-state index in [1.54, 1.807) is 12.0 Å². The minimum atomic E-state index is -0.452. The van der Waals surface area contributed by atoms with Crippen molar-refractivity contribution >= 4 is 28.8 Å². The van der Waals surface area contributed by atoms with E-state index in [0.717, 1.165) is 22.0 Å². The van der Waals surface area contributed by atoms with Gasteiger partial charge in [-0.25, -0.2) is 9.79 Å². The van der Waals surface area contributed by atoms with Crippen LogP contribution in [-0.2, 0) is 25.6 Å². The summed E-state index contributed by atoms with van der Waals surface area (Å²) in [5.41, 5.74) is 5.13. The molecule has 0 aliphatic carbocycles. The molecule has 0 radical (unpaired) electrons. The van der Waals surface area contributed by atoms with E-state index in [-0.39, 0.29) is 18.9 Å². The van der Waals surface area contributed by atoms with Crippen LogP contribution in [0.2, 0.25) is 0 Å². The summed E-state index contributed by atoms with van der Waals surface area (Å²) in [4.78, 5) is 35.1. The van der Waals surface area contributed by atoms with Gasteiger partial charge < -0.3 is 19.3 Å². The normalized spacial score (nSPS) is 16.8. The number of amides is 1. The van der Waals surface area contributed by atoms with Crippen molar-refractivity contribution in [3.8, 4) is 0 Å². The topological polar surface area (TPSA) is 71.4 Å². The molecule has 0 saturated heterocycles. The summed E-state index contributed by atoms with van der Waals surface area (Å²) in [6, 6.07) is 17.8. The molecule has 2 aliphatic heterocycles. The fraction of sp³-hybridized carbons (Fsp3) is 0.367. The highest BCUT2D eigenvalue weighted by molar-refractivity contribution is 8.16. The van der Waals surface area contributed by atoms with E-state index in [9.17, 15) is 9.59 Å². The highest BCUT2D eigenvalue weighted by atomic mass is 32.2. The van der Waals surface area contributed by atoms with Crippen LogP contribution in [0.15, 0.2) is 82.0 Å². The Balaban J connectivity index is 1.63. The van der Waals surface area contributed by atoms with E-state index in [1.807, 2.05) is 54.6 Å². The molecule has 1 atom stereocenters. The van der Waals surface area contributed by atoms with Crippen molar-refractivity contribution in [3.63, 3.8) is 0 Å². The number of rotatable bonds is 10. The third kappa shape index (κ3) is 6.19. The average Bonchev–Trinajstić information content (AvgIpc) is 3.30. The number of methoxy groups -OCH3 is 1. The van der Waals surface area contributed by atoms with E-state index >= 15 is 0 Å². The van der Waals surface area contributed by atoms with Crippen molar-refractivity contribution < 1.29 is 19.1 Å². The third-order valence-corrected chi connectivity index (χ3v) is 7.57. The Bertz CT molecular complexity index is 1250. The number of allylic oxidation sites excluding steroid dienone is 1. The zero-order chi connectivity index (χ0) is 27.2. The SMILES string of the molecule is COCCOC(=O)C1=C(C)N=C2SC=C(CC(=O)N(C)Cc3ccccc3)N2[C@H]1c1ccc(C(C)C)cc1. The highest BCUT2D eigenvalue weighted by Gasteiger charge is 2.41. The van der Waals surface area contributed by atoms with Gasteiger partial charge in [0.2, 0.25) is 5.91 Å². The Kier molecular flexibility index (Phi) is 9.07. The number of carbonyl (C=O) groups is 2. The van der Waals surface area contributed by atoms with Gasteiger partial charge >= 0.3 is 5.97 Å². The van der Waals surface area contributed by atoms with E-state index in [2.05, 4.69) is 38.1 Å². The molecule has 0 unspecified atom stereocenters. The molecule has 0 aromatic heterocycles. The Morgan fingerprint density at radius 2 is 1.79 bits per heavy atom. The Labute approximate surface area is 229 Å². The Morgan fingerprint density at radius 1 is 1.08 bits per heavy atom. The summed E-state index contributed by atoms with van der Waals surface area (Å²) in [7, 11) is 3.38. The first kappa shape index (κ1) is 27.7. The van der Waals surface area contributed by atoms with Gasteiger partial charge in [-0.05, 0) is 34.9 Å². The lowest BCUT2D eigenvalue weighted by atomic mass is 9.92. The summed E-state index contributed by atoms with van der Waals surface area (Å²) in [5.74, 6) is -0.0470. The van der Waals surface area contributed by atoms with Gasteiger partial charge in [0.05, 0.1) is 30.3 Å². The maximum atomic E-state index is 13.3. The van der Waals surface area contributed by atoms with E-state index in [1.165, 1.54) is 17.3 Å². The van der Waals surface area contributed by atoms with Crippen LogP contribution < -0.4 is 0 Å². The molecule has 0 fully saturated rings. The second-order valence-electron chi connectivity index (χ2n) is 9.76. The second-order valence-corrected chi connectivity index (χ2v) is 10.6. The van der Waals surface area contributed by atoms with Crippen LogP contribution in [0.5, 0.6) is 0 Å². The standard InChI is InChI=1S/C30H35N3O4S/c1-20(2)23-11-13-24(14-12-23)28-27(29(35)37-16-15-36-5)21(3)31-30-33(28)25(19-38-30)17-26(34)32(4)18-22-9-7-6-8-10-22/h6-14,19-20,28H,15-18H2,1-5H3/t28-/m0/s1. The Morgan fingerprint density at radius 3 is 2.45 bits per heavy atom. The van der Waals surface area contributed by atoms with Crippen molar-refractivity contribution in [1.82, 2.24) is 9.80 Å². The molecular weight excluding hydrogens is 498 g/mol. The lowest BCUT2D eigenvalue weighted by molar-refractivity contribution is -0.141. The molecule has 7 nitrogen and oxygen atoms in total. The first-order valence-corrected chi connectivity index (χ1v) is 13.7. The van der Waals surface area contributed by atoms with Crippen molar-refractivity contribution in [2.24, 2.45) is 4.99 Å². The lowest BCUT2D eigenvalue weighted by Gasteiger charge is -2.36. The molecule has 0 N–H and O–H groups in total. The zero-order valence-electron chi connectivity index (χ0n) is 22.6. The van der Waals surface area contributed by atoms with E-state index < -0.39 is 12.0 Å². The smallest absolute Gasteiger partial charge is 0.338 e.